The van der Waals surface area contributed by atoms with E-state index in [2.05, 4.69) is 15.3 Å². The lowest BCUT2D eigenvalue weighted by atomic mass is 10.00. The Morgan fingerprint density at radius 1 is 1.30 bits per heavy atom. The lowest BCUT2D eigenvalue weighted by Crippen LogP contribution is -2.35. The average molecular weight is 449 g/mol. The van der Waals surface area contributed by atoms with E-state index < -0.39 is 12.1 Å². The number of hydrogen-bond donors (Lipinski definition) is 1. The molecule has 11 heteroatoms. The molecule has 3 aliphatic heterocycles. The van der Waals surface area contributed by atoms with E-state index in [9.17, 15) is 18.0 Å². The number of thiazole rings is 1. The summed E-state index contributed by atoms with van der Waals surface area (Å²) >= 11 is 1.66. The highest BCUT2D eigenvalue weighted by Crippen LogP contribution is 2.34. The molecule has 0 unspecified atom stereocenters. The number of ether oxygens (including phenoxy) is 1. The van der Waals surface area contributed by atoms with Crippen molar-refractivity contribution >= 4 is 23.2 Å². The van der Waals surface area contributed by atoms with Crippen molar-refractivity contribution in [1.82, 2.24) is 14.8 Å². The van der Waals surface area contributed by atoms with Gasteiger partial charge in [-0.3, -0.25) is 4.79 Å². The van der Waals surface area contributed by atoms with Gasteiger partial charge < -0.3 is 19.6 Å². The van der Waals surface area contributed by atoms with Gasteiger partial charge in [-0.05, 0) is 25.7 Å². The molecule has 1 aromatic heterocycles. The largest absolute Gasteiger partial charge is 0.490 e. The zero-order valence-electron chi connectivity index (χ0n) is 16.7. The molecule has 2 atom stereocenters. The number of rotatable bonds is 4. The number of carbonyl (C=O) groups is 2. The first-order chi connectivity index (χ1) is 14.1. The van der Waals surface area contributed by atoms with E-state index in [0.29, 0.717) is 18.4 Å². The highest BCUT2D eigenvalue weighted by molar-refractivity contribution is 7.09. The van der Waals surface area contributed by atoms with Gasteiger partial charge in [-0.1, -0.05) is 0 Å². The van der Waals surface area contributed by atoms with Crippen molar-refractivity contribution in [3.05, 3.63) is 16.1 Å². The number of aliphatic carboxylic acids is 1. The van der Waals surface area contributed by atoms with Gasteiger partial charge in [-0.25, -0.2) is 9.78 Å². The Morgan fingerprint density at radius 3 is 2.50 bits per heavy atom. The summed E-state index contributed by atoms with van der Waals surface area (Å²) in [7, 11) is 0. The number of nitrogens with zero attached hydrogens (tertiary/aromatic N) is 3. The predicted octanol–water partition coefficient (Wildman–Crippen LogP) is 2.40. The molecule has 0 aliphatic carbocycles. The topological polar surface area (TPSA) is 83.0 Å². The molecule has 7 nitrogen and oxygen atoms in total. The van der Waals surface area contributed by atoms with Crippen molar-refractivity contribution in [2.45, 2.75) is 32.5 Å². The van der Waals surface area contributed by atoms with Crippen molar-refractivity contribution in [2.75, 3.05) is 39.4 Å². The molecule has 3 fully saturated rings. The van der Waals surface area contributed by atoms with Crippen LogP contribution < -0.4 is 0 Å². The summed E-state index contributed by atoms with van der Waals surface area (Å²) in [6, 6.07) is 0. The number of alkyl halides is 3. The number of fused-ring (bicyclic) bond motifs is 1. The van der Waals surface area contributed by atoms with Crippen LogP contribution in [0.15, 0.2) is 5.38 Å². The third kappa shape index (κ3) is 5.92. The fraction of sp³-hybridized carbons (Fsp3) is 0.737. The van der Waals surface area contributed by atoms with Crippen LogP contribution in [-0.4, -0.2) is 77.3 Å². The number of hydrogen-bond acceptors (Lipinski definition) is 6. The normalized spacial score (nSPS) is 25.2. The molecule has 4 rings (SSSR count). The second kappa shape index (κ2) is 9.61. The second-order valence-electron chi connectivity index (χ2n) is 8.02. The maximum atomic E-state index is 12.7. The van der Waals surface area contributed by atoms with Crippen LogP contribution in [0.3, 0.4) is 0 Å². The summed E-state index contributed by atoms with van der Waals surface area (Å²) in [5.41, 5.74) is 1.04. The third-order valence-corrected chi connectivity index (χ3v) is 6.54. The molecular formula is C19H26F3N3O4S. The Kier molecular flexibility index (Phi) is 7.35. The number of carboxylic acid groups (broad SMARTS) is 1. The van der Waals surface area contributed by atoms with E-state index in [1.807, 2.05) is 11.8 Å². The molecule has 3 aliphatic rings. The molecule has 4 heterocycles. The van der Waals surface area contributed by atoms with E-state index >= 15 is 0 Å². The molecule has 0 aromatic carbocycles. The van der Waals surface area contributed by atoms with Gasteiger partial charge in [0.15, 0.2) is 0 Å². The summed E-state index contributed by atoms with van der Waals surface area (Å²) in [6.07, 6.45) is -2.73. The number of aryl methyl sites for hydroxylation is 1. The molecular weight excluding hydrogens is 423 g/mol. The molecule has 0 saturated carbocycles. The minimum atomic E-state index is -5.08. The van der Waals surface area contributed by atoms with Gasteiger partial charge in [-0.2, -0.15) is 13.2 Å². The van der Waals surface area contributed by atoms with Gasteiger partial charge >= 0.3 is 12.1 Å². The third-order valence-electron chi connectivity index (χ3n) is 5.72. The van der Waals surface area contributed by atoms with Crippen LogP contribution in [-0.2, 0) is 20.9 Å². The van der Waals surface area contributed by atoms with Crippen LogP contribution >= 0.6 is 11.3 Å². The molecule has 168 valence electrons. The second-order valence-corrected chi connectivity index (χ2v) is 9.08. The number of aromatic nitrogens is 1. The van der Waals surface area contributed by atoms with Crippen LogP contribution in [0.1, 0.15) is 23.5 Å². The van der Waals surface area contributed by atoms with E-state index in [1.165, 1.54) is 12.8 Å². The maximum Gasteiger partial charge on any atom is 0.490 e. The van der Waals surface area contributed by atoms with Crippen molar-refractivity contribution in [2.24, 2.45) is 17.8 Å². The number of likely N-dealkylation sites (tertiary alicyclic amines) is 2. The van der Waals surface area contributed by atoms with Crippen molar-refractivity contribution in [3.8, 4) is 0 Å². The van der Waals surface area contributed by atoms with Crippen LogP contribution in [0, 0.1) is 24.7 Å². The molecule has 0 spiro atoms. The van der Waals surface area contributed by atoms with Gasteiger partial charge in [-0.15, -0.1) is 11.3 Å². The highest BCUT2D eigenvalue weighted by atomic mass is 32.1. The summed E-state index contributed by atoms with van der Waals surface area (Å²) in [6.45, 7) is 8.61. The van der Waals surface area contributed by atoms with E-state index in [0.717, 1.165) is 56.0 Å². The molecule has 1 aromatic rings. The van der Waals surface area contributed by atoms with Gasteiger partial charge in [0.2, 0.25) is 5.91 Å². The first-order valence-electron chi connectivity index (χ1n) is 9.93. The fourth-order valence-electron chi connectivity index (χ4n) is 4.29. The zero-order valence-corrected chi connectivity index (χ0v) is 17.5. The van der Waals surface area contributed by atoms with Gasteiger partial charge in [0.1, 0.15) is 0 Å². The molecule has 30 heavy (non-hydrogen) atoms. The van der Waals surface area contributed by atoms with E-state index in [4.69, 9.17) is 14.6 Å². The first-order valence-corrected chi connectivity index (χ1v) is 10.8. The summed E-state index contributed by atoms with van der Waals surface area (Å²) in [5, 5.41) is 10.3. The monoisotopic (exact) mass is 449 g/mol. The lowest BCUT2D eigenvalue weighted by molar-refractivity contribution is -0.192. The van der Waals surface area contributed by atoms with Crippen molar-refractivity contribution in [1.29, 1.82) is 0 Å². The Bertz CT molecular complexity index is 752. The minimum Gasteiger partial charge on any atom is -0.475 e. The van der Waals surface area contributed by atoms with E-state index in [1.54, 1.807) is 11.3 Å². The quantitative estimate of drug-likeness (QED) is 0.760. The summed E-state index contributed by atoms with van der Waals surface area (Å²) in [5.74, 6) is -0.925. The van der Waals surface area contributed by atoms with Crippen LogP contribution in [0.5, 0.6) is 0 Å². The van der Waals surface area contributed by atoms with Gasteiger partial charge in [0.05, 0.1) is 23.2 Å². The molecule has 1 N–H and O–H groups in total. The van der Waals surface area contributed by atoms with Crippen LogP contribution in [0.25, 0.3) is 0 Å². The Morgan fingerprint density at radius 2 is 1.97 bits per heavy atom. The number of amides is 1. The van der Waals surface area contributed by atoms with Crippen molar-refractivity contribution in [3.63, 3.8) is 0 Å². The molecule has 0 bridgehead atoms. The smallest absolute Gasteiger partial charge is 0.475 e. The standard InChI is InChI=1S/C17H25N3O2S.C2HF3O2/c1-12-18-15(11-23-12)9-20-8-14-7-19(10-16(14)17(20)21)6-13-2-4-22-5-3-13;3-2(4,5)1(6)7/h11,13-14,16H,2-10H2,1H3;(H,6,7)/t14-,16-;/m0./s1. The first kappa shape index (κ1) is 23.0. The van der Waals surface area contributed by atoms with Gasteiger partial charge in [0, 0.05) is 50.7 Å². The van der Waals surface area contributed by atoms with Gasteiger partial charge in [0.25, 0.3) is 0 Å². The number of carbonyl (C=O) groups excluding carboxylic acids is 1. The Hall–Kier alpha value is -1.72. The van der Waals surface area contributed by atoms with Crippen LogP contribution in [0.4, 0.5) is 13.2 Å². The Labute approximate surface area is 176 Å². The fourth-order valence-corrected chi connectivity index (χ4v) is 4.90. The van der Waals surface area contributed by atoms with Crippen LogP contribution in [0.2, 0.25) is 0 Å². The zero-order chi connectivity index (χ0) is 21.9. The van der Waals surface area contributed by atoms with E-state index in [-0.39, 0.29) is 5.92 Å². The summed E-state index contributed by atoms with van der Waals surface area (Å²) in [4.78, 5) is 30.6. The molecule has 0 radical (unpaired) electrons. The number of halogens is 3. The SMILES string of the molecule is Cc1nc(CN2C[C@@H]3CN(CC4CCOCC4)C[C@@H]3C2=O)cs1.O=C(O)C(F)(F)F. The highest BCUT2D eigenvalue weighted by Gasteiger charge is 2.46. The maximum absolute atomic E-state index is 12.7. The Balaban J connectivity index is 0.000000318. The summed E-state index contributed by atoms with van der Waals surface area (Å²) < 4.78 is 37.2. The van der Waals surface area contributed by atoms with Crippen molar-refractivity contribution < 1.29 is 32.6 Å². The lowest BCUT2D eigenvalue weighted by Gasteiger charge is -2.28. The minimum absolute atomic E-state index is 0.217. The molecule has 1 amide bonds. The molecule has 3 saturated heterocycles. The average Bonchev–Trinajstić information content (AvgIpc) is 3.33. The number of carboxylic acids is 1. The predicted molar refractivity (Wildman–Crippen MR) is 103 cm³/mol.